The number of rotatable bonds is 7. The molecule has 1 aromatic carbocycles. The van der Waals surface area contributed by atoms with Crippen molar-refractivity contribution < 1.29 is 45.4 Å². The fourth-order valence-corrected chi connectivity index (χ4v) is 4.68. The average Bonchev–Trinajstić information content (AvgIpc) is 3.44. The lowest BCUT2D eigenvalue weighted by atomic mass is 10.1. The first-order chi connectivity index (χ1) is 20.3. The zero-order valence-corrected chi connectivity index (χ0v) is 23.5. The van der Waals surface area contributed by atoms with Gasteiger partial charge in [0.05, 0.1) is 30.0 Å². The predicted molar refractivity (Wildman–Crippen MR) is 143 cm³/mol. The van der Waals surface area contributed by atoms with Crippen LogP contribution in [0.2, 0.25) is 0 Å². The molecule has 232 valence electrons. The fraction of sp³-hybridized carbons (Fsp3) is 0.400. The zero-order chi connectivity index (χ0) is 31.4. The number of aromatic nitrogens is 3. The number of methoxy groups -OCH3 is 1. The number of hydrogen-bond acceptors (Lipinski definition) is 9. The summed E-state index contributed by atoms with van der Waals surface area (Å²) < 4.78 is 98.0. The summed E-state index contributed by atoms with van der Waals surface area (Å²) in [4.78, 5) is 33.3. The summed E-state index contributed by atoms with van der Waals surface area (Å²) in [6.07, 6.45) is -9.11. The number of halogens is 6. The molecule has 0 radical (unpaired) electrons. The third kappa shape index (κ3) is 7.74. The van der Waals surface area contributed by atoms with Crippen LogP contribution in [0.25, 0.3) is 0 Å². The van der Waals surface area contributed by atoms with Gasteiger partial charge in [-0.05, 0) is 42.8 Å². The molecule has 0 spiro atoms. The second-order valence-electron chi connectivity index (χ2n) is 9.12. The molecule has 3 heterocycles. The van der Waals surface area contributed by atoms with Crippen molar-refractivity contribution in [3.8, 4) is 5.88 Å². The van der Waals surface area contributed by atoms with E-state index in [0.717, 1.165) is 11.7 Å². The number of amides is 3. The van der Waals surface area contributed by atoms with Gasteiger partial charge in [-0.15, -0.1) is 4.37 Å². The van der Waals surface area contributed by atoms with E-state index in [1.807, 2.05) is 0 Å². The first kappa shape index (κ1) is 31.6. The van der Waals surface area contributed by atoms with Gasteiger partial charge in [0.2, 0.25) is 5.82 Å². The van der Waals surface area contributed by atoms with Gasteiger partial charge < -0.3 is 24.6 Å². The van der Waals surface area contributed by atoms with Gasteiger partial charge in [0.1, 0.15) is 12.4 Å². The largest absolute Gasteiger partial charge is 0.470 e. The van der Waals surface area contributed by atoms with Crippen LogP contribution in [0.15, 0.2) is 36.5 Å². The van der Waals surface area contributed by atoms with Crippen LogP contribution in [0.1, 0.15) is 23.6 Å². The number of urea groups is 1. The summed E-state index contributed by atoms with van der Waals surface area (Å²) in [6, 6.07) is 3.42. The number of benzene rings is 1. The van der Waals surface area contributed by atoms with Crippen LogP contribution < -0.4 is 19.9 Å². The van der Waals surface area contributed by atoms with Crippen molar-refractivity contribution in [1.29, 1.82) is 0 Å². The molecule has 1 N–H and O–H groups in total. The molecule has 1 aliphatic heterocycles. The smallest absolute Gasteiger partial charge is 0.416 e. The normalized spacial score (nSPS) is 14.0. The highest BCUT2D eigenvalue weighted by atomic mass is 32.1. The van der Waals surface area contributed by atoms with E-state index in [2.05, 4.69) is 19.0 Å². The molecule has 0 aliphatic carbocycles. The van der Waals surface area contributed by atoms with Crippen LogP contribution in [-0.4, -0.2) is 70.6 Å². The molecule has 1 fully saturated rings. The van der Waals surface area contributed by atoms with Crippen LogP contribution in [-0.2, 0) is 23.7 Å². The Kier molecular flexibility index (Phi) is 9.46. The number of nitrogens with one attached hydrogen (secondary N) is 1. The maximum Gasteiger partial charge on any atom is 0.416 e. The van der Waals surface area contributed by atoms with E-state index in [0.29, 0.717) is 35.9 Å². The van der Waals surface area contributed by atoms with Crippen molar-refractivity contribution in [2.24, 2.45) is 0 Å². The molecule has 0 unspecified atom stereocenters. The highest BCUT2D eigenvalue weighted by molar-refractivity contribution is 6.99. The SMILES string of the molecule is CCN(C(=O)OC)c1cc(COc2nsnc2N2CCN(C(=O)Nc3cc(C(F)(F)F)cc(C(F)(F)F)c3)CC2)ccn1. The van der Waals surface area contributed by atoms with E-state index in [1.165, 1.54) is 23.1 Å². The van der Waals surface area contributed by atoms with E-state index >= 15 is 0 Å². The number of carbonyl (C=O) groups excluding carboxylic acids is 2. The first-order valence-electron chi connectivity index (χ1n) is 12.7. The quantitative estimate of drug-likeness (QED) is 0.340. The molecule has 11 nitrogen and oxygen atoms in total. The Balaban J connectivity index is 1.37. The Hall–Kier alpha value is -4.35. The lowest BCUT2D eigenvalue weighted by Gasteiger charge is -2.34. The molecule has 2 aromatic heterocycles. The zero-order valence-electron chi connectivity index (χ0n) is 22.7. The number of piperazine rings is 1. The number of hydrogen-bond donors (Lipinski definition) is 1. The van der Waals surface area contributed by atoms with Crippen LogP contribution in [0.5, 0.6) is 5.88 Å². The number of nitrogens with zero attached hydrogens (tertiary/aromatic N) is 6. The molecule has 18 heteroatoms. The molecule has 3 amide bonds. The minimum absolute atomic E-state index is 0.00817. The van der Waals surface area contributed by atoms with Crippen molar-refractivity contribution in [2.45, 2.75) is 25.9 Å². The van der Waals surface area contributed by atoms with Gasteiger partial charge >= 0.3 is 24.5 Å². The Bertz CT molecular complexity index is 1410. The lowest BCUT2D eigenvalue weighted by molar-refractivity contribution is -0.143. The van der Waals surface area contributed by atoms with Crippen molar-refractivity contribution in [3.05, 3.63) is 53.2 Å². The Morgan fingerprint density at radius 3 is 2.23 bits per heavy atom. The van der Waals surface area contributed by atoms with Crippen molar-refractivity contribution in [2.75, 3.05) is 55.0 Å². The summed E-state index contributed by atoms with van der Waals surface area (Å²) >= 11 is 0.904. The van der Waals surface area contributed by atoms with E-state index in [9.17, 15) is 35.9 Å². The highest BCUT2D eigenvalue weighted by Gasteiger charge is 2.37. The molecule has 1 aliphatic rings. The molecule has 1 saturated heterocycles. The fourth-order valence-electron chi connectivity index (χ4n) is 4.16. The number of anilines is 3. The number of pyridine rings is 1. The van der Waals surface area contributed by atoms with Gasteiger partial charge in [0.15, 0.2) is 0 Å². The summed E-state index contributed by atoms with van der Waals surface area (Å²) in [5.74, 6) is 1.02. The molecular formula is C25H25F6N7O4S. The first-order valence-corrected chi connectivity index (χ1v) is 13.4. The molecule has 0 saturated carbocycles. The van der Waals surface area contributed by atoms with E-state index in [-0.39, 0.29) is 44.7 Å². The number of carbonyl (C=O) groups is 2. The van der Waals surface area contributed by atoms with E-state index in [4.69, 9.17) is 9.47 Å². The van der Waals surface area contributed by atoms with E-state index in [1.54, 1.807) is 24.0 Å². The Labute approximate surface area is 245 Å². The lowest BCUT2D eigenvalue weighted by Crippen LogP contribution is -2.50. The summed E-state index contributed by atoms with van der Waals surface area (Å²) in [5, 5.41) is 2.14. The minimum atomic E-state index is -5.04. The third-order valence-corrected chi connectivity index (χ3v) is 6.82. The second kappa shape index (κ2) is 12.9. The van der Waals surface area contributed by atoms with Gasteiger partial charge in [-0.1, -0.05) is 0 Å². The molecular weight excluding hydrogens is 608 g/mol. The summed E-state index contributed by atoms with van der Waals surface area (Å²) in [7, 11) is 1.27. The van der Waals surface area contributed by atoms with Crippen molar-refractivity contribution in [3.63, 3.8) is 0 Å². The predicted octanol–water partition coefficient (Wildman–Crippen LogP) is 5.50. The monoisotopic (exact) mass is 633 g/mol. The van der Waals surface area contributed by atoms with Gasteiger partial charge in [-0.3, -0.25) is 4.90 Å². The van der Waals surface area contributed by atoms with Crippen LogP contribution in [0.3, 0.4) is 0 Å². The molecule has 0 bridgehead atoms. The minimum Gasteiger partial charge on any atom is -0.470 e. The van der Waals surface area contributed by atoms with Gasteiger partial charge in [-0.2, -0.15) is 30.7 Å². The van der Waals surface area contributed by atoms with Gasteiger partial charge in [-0.25, -0.2) is 14.6 Å². The topological polar surface area (TPSA) is 113 Å². The summed E-state index contributed by atoms with van der Waals surface area (Å²) in [6.45, 7) is 2.87. The molecule has 4 rings (SSSR count). The van der Waals surface area contributed by atoms with Gasteiger partial charge in [0.25, 0.3) is 5.88 Å². The maximum absolute atomic E-state index is 13.2. The van der Waals surface area contributed by atoms with Crippen LogP contribution in [0.4, 0.5) is 53.3 Å². The molecule has 43 heavy (non-hydrogen) atoms. The Morgan fingerprint density at radius 1 is 1.00 bits per heavy atom. The number of ether oxygens (including phenoxy) is 2. The van der Waals surface area contributed by atoms with Crippen LogP contribution in [0, 0.1) is 0 Å². The van der Waals surface area contributed by atoms with Gasteiger partial charge in [0, 0.05) is 44.6 Å². The maximum atomic E-state index is 13.2. The molecule has 0 atom stereocenters. The van der Waals surface area contributed by atoms with E-state index < -0.39 is 41.3 Å². The summed E-state index contributed by atoms with van der Waals surface area (Å²) in [5.41, 5.74) is -2.99. The second-order valence-corrected chi connectivity index (χ2v) is 9.65. The number of alkyl halides is 6. The van der Waals surface area contributed by atoms with Crippen molar-refractivity contribution >= 4 is 41.2 Å². The highest BCUT2D eigenvalue weighted by Crippen LogP contribution is 2.37. The standard InChI is InChI=1S/C25H25F6N7O4S/c1-3-38(23(40)41-2)19-10-15(4-5-32-19)14-42-21-20(34-43-35-21)36-6-8-37(9-7-36)22(39)33-18-12-16(24(26,27)28)11-17(13-18)25(29,30)31/h4-5,10-13H,3,6-9,14H2,1-2H3,(H,33,39). The third-order valence-electron chi connectivity index (χ3n) is 6.32. The Morgan fingerprint density at radius 2 is 1.65 bits per heavy atom. The molecule has 3 aromatic rings. The van der Waals surface area contributed by atoms with Crippen molar-refractivity contribution in [1.82, 2.24) is 18.6 Å². The van der Waals surface area contributed by atoms with Crippen LogP contribution >= 0.6 is 11.7 Å². The average molecular weight is 634 g/mol.